The third-order valence-electron chi connectivity index (χ3n) is 15.5. The Bertz CT molecular complexity index is 1350. The predicted molar refractivity (Wildman–Crippen MR) is 219 cm³/mol. The first-order valence-corrected chi connectivity index (χ1v) is 23.0. The fourth-order valence-corrected chi connectivity index (χ4v) is 12.9. The zero-order valence-corrected chi connectivity index (χ0v) is 37.5. The molecular formula is C44H74O8S2. The molecule has 0 aromatic carbocycles. The molecule has 0 radical (unpaired) electrons. The van der Waals surface area contributed by atoms with Crippen LogP contribution in [0, 0.1) is 56.2 Å². The maximum absolute atomic E-state index is 13.0. The average molecular weight is 795 g/mol. The maximum atomic E-state index is 13.0. The topological polar surface area (TPSA) is 97.4 Å². The van der Waals surface area contributed by atoms with E-state index >= 15 is 0 Å². The van der Waals surface area contributed by atoms with E-state index in [0.717, 1.165) is 59.4 Å². The first kappa shape index (κ1) is 45.5. The summed E-state index contributed by atoms with van der Waals surface area (Å²) in [7, 11) is 2.61. The summed E-state index contributed by atoms with van der Waals surface area (Å²) in [6.07, 6.45) is 16.3. The molecule has 0 bridgehead atoms. The average Bonchev–Trinajstić information content (AvgIpc) is 3.38. The van der Waals surface area contributed by atoms with Gasteiger partial charge in [-0.15, -0.1) is 0 Å². The van der Waals surface area contributed by atoms with Crippen LogP contribution in [0.3, 0.4) is 0 Å². The van der Waals surface area contributed by atoms with E-state index in [9.17, 15) is 14.4 Å². The van der Waals surface area contributed by atoms with E-state index in [2.05, 4.69) is 61.5 Å². The Labute approximate surface area is 336 Å². The van der Waals surface area contributed by atoms with Crippen molar-refractivity contribution in [2.24, 2.45) is 56.2 Å². The van der Waals surface area contributed by atoms with Crippen LogP contribution in [0.4, 0.5) is 0 Å². The van der Waals surface area contributed by atoms with Crippen LogP contribution in [0.2, 0.25) is 0 Å². The molecule has 0 heterocycles. The molecule has 4 aliphatic rings. The van der Waals surface area contributed by atoms with Gasteiger partial charge in [0.2, 0.25) is 0 Å². The SMILES string of the molecule is COCCOC(=O)CSSOC(=O)C(C)(C)CC(C)C(=O)OCOC1CC[C@@]2(C)C(=CC[C@H]3[C@]4(C)CC[C@](C)(C(C)(C)CCCC(C)C)[C@H]4CC[C@@]32C)C1. The Balaban J connectivity index is 1.26. The van der Waals surface area contributed by atoms with Crippen molar-refractivity contribution in [1.29, 1.82) is 0 Å². The quantitative estimate of drug-likeness (QED) is 0.0314. The second kappa shape index (κ2) is 18.1. The molecule has 0 aromatic rings. The highest BCUT2D eigenvalue weighted by molar-refractivity contribution is 8.75. The molecule has 8 nitrogen and oxygen atoms in total. The molecule has 4 aliphatic carbocycles. The lowest BCUT2D eigenvalue weighted by Crippen LogP contribution is -2.59. The first-order chi connectivity index (χ1) is 25.2. The predicted octanol–water partition coefficient (Wildman–Crippen LogP) is 11.2. The van der Waals surface area contributed by atoms with Gasteiger partial charge < -0.3 is 23.1 Å². The Morgan fingerprint density at radius 3 is 2.33 bits per heavy atom. The Morgan fingerprint density at radius 1 is 0.926 bits per heavy atom. The number of ether oxygens (including phenoxy) is 4. The van der Waals surface area contributed by atoms with Crippen LogP contribution in [0.5, 0.6) is 0 Å². The third kappa shape index (κ3) is 9.55. The number of carbonyl (C=O) groups excluding carboxylic acids is 3. The summed E-state index contributed by atoms with van der Waals surface area (Å²) in [5, 5.41) is 0. The standard InChI is InChI=1S/C44H74O8S2/c1-30(2)14-13-19-40(6,7)43(10)23-22-41(8)34-16-15-32-26-33(17-20-42(32,9)44(34,11)21-18-35(41)43)50-29-51-37(46)31(3)27-39(4,5)38(47)52-54-53-28-36(45)49-25-24-48-12/h15,30-31,33-35H,13-14,16-29H2,1-12H3/t31?,33?,34-,35-,41-,42-,43-,44-/m0/s1. The van der Waals surface area contributed by atoms with Gasteiger partial charge in [0.1, 0.15) is 23.4 Å². The minimum absolute atomic E-state index is 0.0270. The molecule has 0 amide bonds. The molecule has 54 heavy (non-hydrogen) atoms. The number of esters is 2. The lowest BCUT2D eigenvalue weighted by Gasteiger charge is -2.66. The van der Waals surface area contributed by atoms with Crippen molar-refractivity contribution >= 4 is 39.8 Å². The number of hydrogen-bond acceptors (Lipinski definition) is 10. The van der Waals surface area contributed by atoms with E-state index in [-0.39, 0.29) is 48.5 Å². The highest BCUT2D eigenvalue weighted by Crippen LogP contribution is 2.76. The van der Waals surface area contributed by atoms with Crippen LogP contribution in [-0.2, 0) is 37.5 Å². The summed E-state index contributed by atoms with van der Waals surface area (Å²) >= 11 is 0.836. The zero-order valence-electron chi connectivity index (χ0n) is 35.9. The van der Waals surface area contributed by atoms with Gasteiger partial charge in [-0.05, 0) is 134 Å². The molecule has 0 aliphatic heterocycles. The molecule has 2 unspecified atom stereocenters. The van der Waals surface area contributed by atoms with E-state index in [4.69, 9.17) is 23.1 Å². The van der Waals surface area contributed by atoms with Crippen LogP contribution < -0.4 is 0 Å². The van der Waals surface area contributed by atoms with Crippen molar-refractivity contribution in [3.8, 4) is 0 Å². The molecule has 310 valence electrons. The van der Waals surface area contributed by atoms with E-state index < -0.39 is 23.3 Å². The molecule has 8 atom stereocenters. The summed E-state index contributed by atoms with van der Waals surface area (Å²) in [6, 6.07) is 0. The number of hydrogen-bond donors (Lipinski definition) is 0. The van der Waals surface area contributed by atoms with Gasteiger partial charge >= 0.3 is 17.9 Å². The van der Waals surface area contributed by atoms with Crippen LogP contribution in [0.1, 0.15) is 153 Å². The monoisotopic (exact) mass is 794 g/mol. The summed E-state index contributed by atoms with van der Waals surface area (Å²) in [5.74, 6) is 0.509. The van der Waals surface area contributed by atoms with Crippen molar-refractivity contribution in [3.05, 3.63) is 11.6 Å². The second-order valence-electron chi connectivity index (χ2n) is 20.0. The smallest absolute Gasteiger partial charge is 0.324 e. The summed E-state index contributed by atoms with van der Waals surface area (Å²) in [6.45, 7) is 26.1. The van der Waals surface area contributed by atoms with Gasteiger partial charge in [0.25, 0.3) is 0 Å². The zero-order chi connectivity index (χ0) is 40.2. The molecule has 3 saturated carbocycles. The van der Waals surface area contributed by atoms with E-state index in [0.29, 0.717) is 28.8 Å². The highest BCUT2D eigenvalue weighted by atomic mass is 33.1. The van der Waals surface area contributed by atoms with Gasteiger partial charge in [-0.2, -0.15) is 0 Å². The van der Waals surface area contributed by atoms with Gasteiger partial charge in [-0.25, -0.2) is 0 Å². The molecular weight excluding hydrogens is 721 g/mol. The van der Waals surface area contributed by atoms with Crippen LogP contribution >= 0.6 is 21.9 Å². The number of methoxy groups -OCH3 is 1. The molecule has 0 saturated heterocycles. The fraction of sp³-hybridized carbons (Fsp3) is 0.886. The number of fused-ring (bicyclic) bond motifs is 5. The highest BCUT2D eigenvalue weighted by Gasteiger charge is 2.68. The van der Waals surface area contributed by atoms with E-state index in [1.54, 1.807) is 26.3 Å². The minimum Gasteiger partial charge on any atom is -0.463 e. The normalized spacial score (nSPS) is 32.9. The van der Waals surface area contributed by atoms with Crippen molar-refractivity contribution in [2.75, 3.05) is 32.9 Å². The Hall–Kier alpha value is -1.23. The van der Waals surface area contributed by atoms with Gasteiger partial charge in [0.05, 0.1) is 24.0 Å². The van der Waals surface area contributed by atoms with Crippen LogP contribution in [-0.4, -0.2) is 56.9 Å². The van der Waals surface area contributed by atoms with Gasteiger partial charge in [-0.3, -0.25) is 14.4 Å². The minimum atomic E-state index is -0.919. The first-order valence-electron chi connectivity index (χ1n) is 20.8. The summed E-state index contributed by atoms with van der Waals surface area (Å²) in [5.41, 5.74) is 2.15. The second-order valence-corrected chi connectivity index (χ2v) is 21.9. The van der Waals surface area contributed by atoms with Crippen molar-refractivity contribution in [1.82, 2.24) is 0 Å². The molecule has 0 spiro atoms. The lowest BCUT2D eigenvalue weighted by molar-refractivity contribution is -0.172. The molecule has 4 rings (SSSR count). The Kier molecular flexibility index (Phi) is 15.3. The Morgan fingerprint density at radius 2 is 1.65 bits per heavy atom. The van der Waals surface area contributed by atoms with Crippen LogP contribution in [0.25, 0.3) is 0 Å². The van der Waals surface area contributed by atoms with Gasteiger partial charge in [0, 0.05) is 7.11 Å². The number of carbonyl (C=O) groups is 3. The molecule has 0 aromatic heterocycles. The third-order valence-corrected chi connectivity index (χ3v) is 17.1. The number of allylic oxidation sites excluding steroid dienone is 1. The van der Waals surface area contributed by atoms with Crippen molar-refractivity contribution < 1.29 is 37.5 Å². The van der Waals surface area contributed by atoms with E-state index in [1.165, 1.54) is 52.1 Å². The maximum Gasteiger partial charge on any atom is 0.324 e. The van der Waals surface area contributed by atoms with Crippen molar-refractivity contribution in [3.63, 3.8) is 0 Å². The van der Waals surface area contributed by atoms with Crippen molar-refractivity contribution in [2.45, 2.75) is 159 Å². The van der Waals surface area contributed by atoms with Gasteiger partial charge in [0.15, 0.2) is 6.79 Å². The molecule has 10 heteroatoms. The lowest BCUT2D eigenvalue weighted by atomic mass is 9.38. The fourth-order valence-electron chi connectivity index (χ4n) is 11.6. The van der Waals surface area contributed by atoms with Gasteiger partial charge in [-0.1, -0.05) is 86.8 Å². The van der Waals surface area contributed by atoms with Crippen LogP contribution in [0.15, 0.2) is 11.6 Å². The molecule has 0 N–H and O–H groups in total. The summed E-state index contributed by atoms with van der Waals surface area (Å²) < 4.78 is 27.0. The largest absolute Gasteiger partial charge is 0.463 e. The molecule has 3 fully saturated rings. The van der Waals surface area contributed by atoms with E-state index in [1.807, 2.05) is 0 Å². The summed E-state index contributed by atoms with van der Waals surface area (Å²) in [4.78, 5) is 37.5. The number of rotatable bonds is 19.